The Bertz CT molecular complexity index is 537. The van der Waals surface area contributed by atoms with E-state index in [4.69, 9.17) is 5.11 Å². The van der Waals surface area contributed by atoms with Crippen LogP contribution in [0.25, 0.3) is 0 Å². The predicted octanol–water partition coefficient (Wildman–Crippen LogP) is 2.00. The van der Waals surface area contributed by atoms with Crippen LogP contribution in [0.4, 0.5) is 0 Å². The first kappa shape index (κ1) is 15.4. The molecule has 1 aromatic rings. The Kier molecular flexibility index (Phi) is 4.88. The van der Waals surface area contributed by atoms with Crippen molar-refractivity contribution in [2.45, 2.75) is 39.5 Å². The first-order valence-corrected chi connectivity index (χ1v) is 7.38. The second-order valence-electron chi connectivity index (χ2n) is 5.86. The zero-order valence-electron chi connectivity index (χ0n) is 12.5. The highest BCUT2D eigenvalue weighted by molar-refractivity contribution is 5.93. The number of likely N-dealkylation sites (tertiary alicyclic amines) is 1. The van der Waals surface area contributed by atoms with Gasteiger partial charge in [0.25, 0.3) is 5.91 Å². The van der Waals surface area contributed by atoms with Crippen LogP contribution in [0.1, 0.15) is 59.7 Å². The van der Waals surface area contributed by atoms with Crippen LogP contribution < -0.4 is 0 Å². The number of hydrogen-bond acceptors (Lipinski definition) is 4. The van der Waals surface area contributed by atoms with Gasteiger partial charge in [0.2, 0.25) is 0 Å². The largest absolute Gasteiger partial charge is 0.476 e. The van der Waals surface area contributed by atoms with Gasteiger partial charge in [-0.15, -0.1) is 10.2 Å². The molecule has 1 saturated heterocycles. The van der Waals surface area contributed by atoms with Crippen molar-refractivity contribution in [1.29, 1.82) is 0 Å². The van der Waals surface area contributed by atoms with Gasteiger partial charge < -0.3 is 10.0 Å². The number of carbonyl (C=O) groups excluding carboxylic acids is 1. The standard InChI is InChI=1S/C15H21N3O3/c1-10(2)8-11-9-12(16-17-13(11)15(20)21)14(19)18-6-4-3-5-7-18/h9-10H,3-8H2,1-2H3,(H,20,21). The maximum Gasteiger partial charge on any atom is 0.356 e. The molecule has 6 nitrogen and oxygen atoms in total. The fourth-order valence-corrected chi connectivity index (χ4v) is 2.57. The molecule has 1 fully saturated rings. The van der Waals surface area contributed by atoms with Gasteiger partial charge in [-0.2, -0.15) is 0 Å². The Morgan fingerprint density at radius 1 is 1.24 bits per heavy atom. The van der Waals surface area contributed by atoms with Crippen molar-refractivity contribution in [3.05, 3.63) is 23.0 Å². The molecule has 2 rings (SSSR count). The van der Waals surface area contributed by atoms with Crippen molar-refractivity contribution in [2.75, 3.05) is 13.1 Å². The summed E-state index contributed by atoms with van der Waals surface area (Å²) >= 11 is 0. The highest BCUT2D eigenvalue weighted by Gasteiger charge is 2.22. The Morgan fingerprint density at radius 3 is 2.48 bits per heavy atom. The number of piperidine rings is 1. The smallest absolute Gasteiger partial charge is 0.356 e. The lowest BCUT2D eigenvalue weighted by Gasteiger charge is -2.26. The van der Waals surface area contributed by atoms with Crippen LogP contribution in [0.5, 0.6) is 0 Å². The van der Waals surface area contributed by atoms with Crippen molar-refractivity contribution >= 4 is 11.9 Å². The number of rotatable bonds is 4. The number of aromatic carboxylic acids is 1. The fourth-order valence-electron chi connectivity index (χ4n) is 2.57. The first-order chi connectivity index (χ1) is 9.99. The molecule has 0 aromatic carbocycles. The van der Waals surface area contributed by atoms with E-state index in [9.17, 15) is 9.59 Å². The topological polar surface area (TPSA) is 83.4 Å². The Hall–Kier alpha value is -1.98. The number of hydrogen-bond donors (Lipinski definition) is 1. The lowest BCUT2D eigenvalue weighted by atomic mass is 10.0. The quantitative estimate of drug-likeness (QED) is 0.917. The molecule has 1 aliphatic rings. The number of amides is 1. The minimum absolute atomic E-state index is 0.0566. The predicted molar refractivity (Wildman–Crippen MR) is 77.3 cm³/mol. The van der Waals surface area contributed by atoms with Gasteiger partial charge in [-0.3, -0.25) is 4.79 Å². The molecular formula is C15H21N3O3. The molecule has 0 saturated carbocycles. The minimum atomic E-state index is -1.10. The summed E-state index contributed by atoms with van der Waals surface area (Å²) in [6.45, 7) is 5.47. The summed E-state index contributed by atoms with van der Waals surface area (Å²) in [5, 5.41) is 16.7. The van der Waals surface area contributed by atoms with E-state index < -0.39 is 5.97 Å². The van der Waals surface area contributed by atoms with E-state index in [1.54, 1.807) is 11.0 Å². The van der Waals surface area contributed by atoms with Crippen LogP contribution in [0.2, 0.25) is 0 Å². The highest BCUT2D eigenvalue weighted by Crippen LogP contribution is 2.16. The summed E-state index contributed by atoms with van der Waals surface area (Å²) in [6, 6.07) is 1.59. The molecule has 0 atom stereocenters. The molecule has 0 unspecified atom stereocenters. The van der Waals surface area contributed by atoms with Gasteiger partial charge in [0, 0.05) is 13.1 Å². The Balaban J connectivity index is 2.27. The molecule has 114 valence electrons. The van der Waals surface area contributed by atoms with Crippen LogP contribution >= 0.6 is 0 Å². The third kappa shape index (κ3) is 3.77. The zero-order valence-corrected chi connectivity index (χ0v) is 12.5. The Morgan fingerprint density at radius 2 is 1.90 bits per heavy atom. The number of carboxylic acids is 1. The molecule has 0 bridgehead atoms. The SMILES string of the molecule is CC(C)Cc1cc(C(=O)N2CCCCC2)nnc1C(=O)O. The van der Waals surface area contributed by atoms with Crippen molar-refractivity contribution < 1.29 is 14.7 Å². The molecule has 1 N–H and O–H groups in total. The highest BCUT2D eigenvalue weighted by atomic mass is 16.4. The van der Waals surface area contributed by atoms with Gasteiger partial charge in [0.05, 0.1) is 0 Å². The first-order valence-electron chi connectivity index (χ1n) is 7.38. The van der Waals surface area contributed by atoms with Gasteiger partial charge >= 0.3 is 5.97 Å². The van der Waals surface area contributed by atoms with Gasteiger partial charge in [-0.05, 0) is 43.2 Å². The normalized spacial score (nSPS) is 15.3. The van der Waals surface area contributed by atoms with E-state index in [1.807, 2.05) is 13.8 Å². The number of nitrogens with zero attached hydrogens (tertiary/aromatic N) is 3. The summed E-state index contributed by atoms with van der Waals surface area (Å²) in [4.78, 5) is 25.4. The third-order valence-corrected chi connectivity index (χ3v) is 3.57. The average Bonchev–Trinajstić information content (AvgIpc) is 2.46. The van der Waals surface area contributed by atoms with Gasteiger partial charge in [-0.25, -0.2) is 4.79 Å². The average molecular weight is 291 g/mol. The van der Waals surface area contributed by atoms with Crippen LogP contribution in [0, 0.1) is 5.92 Å². The molecule has 0 radical (unpaired) electrons. The second-order valence-corrected chi connectivity index (χ2v) is 5.86. The maximum atomic E-state index is 12.4. The summed E-state index contributed by atoms with van der Waals surface area (Å²) in [6.07, 6.45) is 3.72. The van der Waals surface area contributed by atoms with E-state index in [2.05, 4.69) is 10.2 Å². The van der Waals surface area contributed by atoms with E-state index >= 15 is 0 Å². The van der Waals surface area contributed by atoms with Gasteiger partial charge in [0.15, 0.2) is 11.4 Å². The van der Waals surface area contributed by atoms with Crippen molar-refractivity contribution in [3.63, 3.8) is 0 Å². The molecule has 21 heavy (non-hydrogen) atoms. The van der Waals surface area contributed by atoms with E-state index in [-0.39, 0.29) is 23.2 Å². The molecule has 2 heterocycles. The van der Waals surface area contributed by atoms with Crippen molar-refractivity contribution in [3.8, 4) is 0 Å². The minimum Gasteiger partial charge on any atom is -0.476 e. The van der Waals surface area contributed by atoms with Crippen LogP contribution in [-0.2, 0) is 6.42 Å². The van der Waals surface area contributed by atoms with Crippen LogP contribution in [0.3, 0.4) is 0 Å². The Labute approximate surface area is 124 Å². The maximum absolute atomic E-state index is 12.4. The zero-order chi connectivity index (χ0) is 15.4. The summed E-state index contributed by atoms with van der Waals surface area (Å²) < 4.78 is 0. The van der Waals surface area contributed by atoms with E-state index in [0.717, 1.165) is 32.4 Å². The van der Waals surface area contributed by atoms with Gasteiger partial charge in [0.1, 0.15) is 0 Å². The fraction of sp³-hybridized carbons (Fsp3) is 0.600. The monoisotopic (exact) mass is 291 g/mol. The molecule has 0 spiro atoms. The summed E-state index contributed by atoms with van der Waals surface area (Å²) in [5.74, 6) is -0.968. The van der Waals surface area contributed by atoms with Crippen molar-refractivity contribution in [2.24, 2.45) is 5.92 Å². The lowest BCUT2D eigenvalue weighted by Crippen LogP contribution is -2.36. The molecular weight excluding hydrogens is 270 g/mol. The van der Waals surface area contributed by atoms with E-state index in [0.29, 0.717) is 12.0 Å². The number of carbonyl (C=O) groups is 2. The van der Waals surface area contributed by atoms with Gasteiger partial charge in [-0.1, -0.05) is 13.8 Å². The van der Waals surface area contributed by atoms with Crippen LogP contribution in [0.15, 0.2) is 6.07 Å². The third-order valence-electron chi connectivity index (χ3n) is 3.57. The van der Waals surface area contributed by atoms with E-state index in [1.165, 1.54) is 0 Å². The molecule has 6 heteroatoms. The van der Waals surface area contributed by atoms with Crippen molar-refractivity contribution in [1.82, 2.24) is 15.1 Å². The van der Waals surface area contributed by atoms with Crippen LogP contribution in [-0.4, -0.2) is 45.2 Å². The molecule has 1 aromatic heterocycles. The lowest BCUT2D eigenvalue weighted by molar-refractivity contribution is 0.0678. The summed E-state index contributed by atoms with van der Waals surface area (Å²) in [5.41, 5.74) is 0.768. The molecule has 0 aliphatic carbocycles. The number of carboxylic acid groups (broad SMARTS) is 1. The molecule has 1 amide bonds. The molecule has 1 aliphatic heterocycles. The summed E-state index contributed by atoms with van der Waals surface area (Å²) in [7, 11) is 0. The second kappa shape index (κ2) is 6.65. The number of aromatic nitrogens is 2.